The highest BCUT2D eigenvalue weighted by Gasteiger charge is 2.30. The Morgan fingerprint density at radius 1 is 0.870 bits per heavy atom. The molecule has 138 valence electrons. The third-order valence-electron chi connectivity index (χ3n) is 4.76. The molecule has 1 unspecified atom stereocenters. The van der Waals surface area contributed by atoms with Crippen LogP contribution in [0, 0.1) is 0 Å². The fourth-order valence-corrected chi connectivity index (χ4v) is 3.27. The highest BCUT2D eigenvalue weighted by Crippen LogP contribution is 2.17. The molecule has 0 saturated carbocycles. The summed E-state index contributed by atoms with van der Waals surface area (Å²) in [6, 6.07) is 0. The zero-order valence-electron chi connectivity index (χ0n) is 15.7. The molecule has 0 amide bonds. The number of hydrogen-bond acceptors (Lipinski definition) is 2. The Kier molecular flexibility index (Phi) is 13.4. The van der Waals surface area contributed by atoms with Crippen molar-refractivity contribution in [1.29, 1.82) is 0 Å². The van der Waals surface area contributed by atoms with E-state index < -0.39 is 5.97 Å². The monoisotopic (exact) mass is 330 g/mol. The van der Waals surface area contributed by atoms with Gasteiger partial charge in [-0.2, -0.15) is 0 Å². The molecular formula is C19H40NO3+. The quantitative estimate of drug-likeness (QED) is 0.329. The normalized spacial score (nSPS) is 13.2. The molecule has 0 heterocycles. The van der Waals surface area contributed by atoms with Crippen LogP contribution >= 0.6 is 0 Å². The predicted octanol–water partition coefficient (Wildman–Crippen LogP) is 4.21. The van der Waals surface area contributed by atoms with Crippen molar-refractivity contribution in [2.45, 2.75) is 91.1 Å². The van der Waals surface area contributed by atoms with Crippen LogP contribution in [0.3, 0.4) is 0 Å². The molecule has 1 atom stereocenters. The SMILES string of the molecule is CCCCCCC(O)C[N+](CCCC)(CCCC)CCC(=O)O. The van der Waals surface area contributed by atoms with Crippen LogP contribution in [0.2, 0.25) is 0 Å². The number of quaternary nitrogens is 1. The van der Waals surface area contributed by atoms with Crippen LogP contribution in [-0.2, 0) is 4.79 Å². The van der Waals surface area contributed by atoms with Crippen molar-refractivity contribution in [3.63, 3.8) is 0 Å². The predicted molar refractivity (Wildman–Crippen MR) is 96.6 cm³/mol. The number of carbonyl (C=O) groups is 1. The fraction of sp³-hybridized carbons (Fsp3) is 0.947. The Bertz CT molecular complexity index is 286. The Balaban J connectivity index is 4.69. The van der Waals surface area contributed by atoms with Crippen molar-refractivity contribution in [3.8, 4) is 0 Å². The molecular weight excluding hydrogens is 290 g/mol. The molecule has 0 aliphatic heterocycles. The Morgan fingerprint density at radius 3 is 1.91 bits per heavy atom. The number of aliphatic hydroxyl groups excluding tert-OH is 1. The summed E-state index contributed by atoms with van der Waals surface area (Å²) < 4.78 is 0.781. The van der Waals surface area contributed by atoms with E-state index in [1.807, 2.05) is 0 Å². The Morgan fingerprint density at radius 2 is 1.43 bits per heavy atom. The largest absolute Gasteiger partial charge is 0.481 e. The lowest BCUT2D eigenvalue weighted by atomic mass is 10.1. The van der Waals surface area contributed by atoms with E-state index in [0.717, 1.165) is 62.6 Å². The summed E-state index contributed by atoms with van der Waals surface area (Å²) in [5, 5.41) is 19.6. The van der Waals surface area contributed by atoms with Gasteiger partial charge in [-0.3, -0.25) is 4.79 Å². The lowest BCUT2D eigenvalue weighted by molar-refractivity contribution is -0.931. The van der Waals surface area contributed by atoms with Gasteiger partial charge in [-0.05, 0) is 19.3 Å². The lowest BCUT2D eigenvalue weighted by Crippen LogP contribution is -2.54. The summed E-state index contributed by atoms with van der Waals surface area (Å²) in [5.41, 5.74) is 0. The highest BCUT2D eigenvalue weighted by atomic mass is 16.4. The van der Waals surface area contributed by atoms with Gasteiger partial charge in [-0.15, -0.1) is 0 Å². The molecule has 0 bridgehead atoms. The second kappa shape index (κ2) is 13.8. The average Bonchev–Trinajstić information content (AvgIpc) is 2.53. The van der Waals surface area contributed by atoms with E-state index in [-0.39, 0.29) is 12.5 Å². The van der Waals surface area contributed by atoms with Gasteiger partial charge in [0.2, 0.25) is 0 Å². The van der Waals surface area contributed by atoms with Crippen LogP contribution in [0.4, 0.5) is 0 Å². The fourth-order valence-electron chi connectivity index (χ4n) is 3.27. The molecule has 0 aliphatic carbocycles. The van der Waals surface area contributed by atoms with Crippen molar-refractivity contribution in [2.24, 2.45) is 0 Å². The lowest BCUT2D eigenvalue weighted by Gasteiger charge is -2.40. The number of carboxylic acid groups (broad SMARTS) is 1. The molecule has 0 aromatic carbocycles. The number of aliphatic hydroxyl groups is 1. The second-order valence-electron chi connectivity index (χ2n) is 7.05. The van der Waals surface area contributed by atoms with E-state index in [1.165, 1.54) is 19.3 Å². The smallest absolute Gasteiger partial charge is 0.309 e. The number of rotatable bonds is 16. The van der Waals surface area contributed by atoms with E-state index in [2.05, 4.69) is 20.8 Å². The Hall–Kier alpha value is -0.610. The third kappa shape index (κ3) is 11.5. The van der Waals surface area contributed by atoms with Crippen molar-refractivity contribution >= 4 is 5.97 Å². The standard InChI is InChI=1S/C19H39NO3/c1-4-7-10-11-12-18(21)17-20(14-8-5-2,15-9-6-3)16-13-19(22)23/h18,21H,4-17H2,1-3H3/p+1. The van der Waals surface area contributed by atoms with Crippen molar-refractivity contribution in [2.75, 3.05) is 26.2 Å². The van der Waals surface area contributed by atoms with E-state index >= 15 is 0 Å². The van der Waals surface area contributed by atoms with Crippen molar-refractivity contribution in [1.82, 2.24) is 0 Å². The molecule has 0 saturated heterocycles. The zero-order chi connectivity index (χ0) is 17.6. The maximum atomic E-state index is 11.1. The number of carboxylic acids is 1. The van der Waals surface area contributed by atoms with Gasteiger partial charge in [-0.1, -0.05) is 59.3 Å². The first-order valence-electron chi connectivity index (χ1n) is 9.74. The first-order valence-corrected chi connectivity index (χ1v) is 9.74. The molecule has 2 N–H and O–H groups in total. The number of hydrogen-bond donors (Lipinski definition) is 2. The summed E-state index contributed by atoms with van der Waals surface area (Å²) in [6.45, 7) is 9.91. The van der Waals surface area contributed by atoms with Gasteiger partial charge in [0.05, 0.1) is 26.1 Å². The van der Waals surface area contributed by atoms with Gasteiger partial charge in [0, 0.05) is 0 Å². The van der Waals surface area contributed by atoms with Crippen LogP contribution in [0.15, 0.2) is 0 Å². The summed E-state index contributed by atoms with van der Waals surface area (Å²) in [5.74, 6) is -0.724. The van der Waals surface area contributed by atoms with Gasteiger partial charge < -0.3 is 14.7 Å². The first kappa shape index (κ1) is 22.4. The molecule has 0 aliphatic rings. The summed E-state index contributed by atoms with van der Waals surface area (Å²) in [6.07, 6.45) is 9.91. The van der Waals surface area contributed by atoms with Crippen LogP contribution in [-0.4, -0.2) is 52.9 Å². The van der Waals surface area contributed by atoms with E-state index in [4.69, 9.17) is 5.11 Å². The van der Waals surface area contributed by atoms with E-state index in [0.29, 0.717) is 6.54 Å². The zero-order valence-corrected chi connectivity index (χ0v) is 15.7. The topological polar surface area (TPSA) is 57.5 Å². The molecule has 0 fully saturated rings. The second-order valence-corrected chi connectivity index (χ2v) is 7.05. The van der Waals surface area contributed by atoms with Gasteiger partial charge >= 0.3 is 5.97 Å². The van der Waals surface area contributed by atoms with Crippen molar-refractivity contribution in [3.05, 3.63) is 0 Å². The third-order valence-corrected chi connectivity index (χ3v) is 4.76. The van der Waals surface area contributed by atoms with Crippen LogP contribution in [0.5, 0.6) is 0 Å². The summed E-state index contributed by atoms with van der Waals surface area (Å²) >= 11 is 0. The van der Waals surface area contributed by atoms with E-state index in [9.17, 15) is 9.90 Å². The molecule has 0 rings (SSSR count). The van der Waals surface area contributed by atoms with Gasteiger partial charge in [0.1, 0.15) is 12.6 Å². The maximum Gasteiger partial charge on any atom is 0.309 e. The number of nitrogens with zero attached hydrogens (tertiary/aromatic N) is 1. The minimum absolute atomic E-state index is 0.204. The molecule has 4 nitrogen and oxygen atoms in total. The van der Waals surface area contributed by atoms with Crippen LogP contribution < -0.4 is 0 Å². The van der Waals surface area contributed by atoms with Crippen LogP contribution in [0.25, 0.3) is 0 Å². The number of aliphatic carboxylic acids is 1. The van der Waals surface area contributed by atoms with Gasteiger partial charge in [-0.25, -0.2) is 0 Å². The highest BCUT2D eigenvalue weighted by molar-refractivity contribution is 5.66. The molecule has 0 radical (unpaired) electrons. The first-order chi connectivity index (χ1) is 11.0. The summed E-state index contributed by atoms with van der Waals surface area (Å²) in [4.78, 5) is 11.1. The van der Waals surface area contributed by atoms with E-state index in [1.54, 1.807) is 0 Å². The average molecular weight is 331 g/mol. The number of unbranched alkanes of at least 4 members (excludes halogenated alkanes) is 5. The molecule has 0 aromatic heterocycles. The Labute approximate surface area is 143 Å². The van der Waals surface area contributed by atoms with Gasteiger partial charge in [0.25, 0.3) is 0 Å². The molecule has 0 aromatic rings. The van der Waals surface area contributed by atoms with Crippen molar-refractivity contribution < 1.29 is 19.5 Å². The summed E-state index contributed by atoms with van der Waals surface area (Å²) in [7, 11) is 0. The minimum atomic E-state index is -0.724. The maximum absolute atomic E-state index is 11.1. The minimum Gasteiger partial charge on any atom is -0.481 e. The molecule has 0 spiro atoms. The molecule has 23 heavy (non-hydrogen) atoms. The van der Waals surface area contributed by atoms with Gasteiger partial charge in [0.15, 0.2) is 0 Å². The molecule has 4 heteroatoms. The van der Waals surface area contributed by atoms with Crippen LogP contribution in [0.1, 0.15) is 85.0 Å².